The van der Waals surface area contributed by atoms with Crippen LogP contribution >= 0.6 is 0 Å². The molecule has 0 fully saturated rings. The zero-order valence-corrected chi connectivity index (χ0v) is 11.9. The third kappa shape index (κ3) is 2.94. The second-order valence-corrected chi connectivity index (χ2v) is 5.96. The summed E-state index contributed by atoms with van der Waals surface area (Å²) >= 11 is 0. The predicted octanol–water partition coefficient (Wildman–Crippen LogP) is 1.55. The lowest BCUT2D eigenvalue weighted by atomic mass is 9.91. The number of hydrogen-bond acceptors (Lipinski definition) is 4. The Balaban J connectivity index is 3.25. The van der Waals surface area contributed by atoms with E-state index in [4.69, 9.17) is 17.2 Å². The van der Waals surface area contributed by atoms with Crippen molar-refractivity contribution in [2.75, 3.05) is 23.7 Å². The summed E-state index contributed by atoms with van der Waals surface area (Å²) in [6, 6.07) is 7.84. The molecule has 0 aliphatic carbocycles. The average molecular weight is 250 g/mol. The number of nitrogen functional groups attached to an aromatic ring is 1. The molecule has 0 atom stereocenters. The van der Waals surface area contributed by atoms with Gasteiger partial charge in [0.1, 0.15) is 0 Å². The fourth-order valence-electron chi connectivity index (χ4n) is 2.32. The first-order valence-electron chi connectivity index (χ1n) is 6.30. The molecule has 0 aliphatic rings. The molecule has 0 spiro atoms. The van der Waals surface area contributed by atoms with E-state index in [0.717, 1.165) is 11.4 Å². The molecule has 4 heteroatoms. The summed E-state index contributed by atoms with van der Waals surface area (Å²) in [4.78, 5) is 2.28. The van der Waals surface area contributed by atoms with Crippen LogP contribution in [0.2, 0.25) is 0 Å². The van der Waals surface area contributed by atoms with Gasteiger partial charge < -0.3 is 22.1 Å². The van der Waals surface area contributed by atoms with Crippen LogP contribution in [0.5, 0.6) is 0 Å². The van der Waals surface area contributed by atoms with Gasteiger partial charge in [-0.3, -0.25) is 0 Å². The van der Waals surface area contributed by atoms with Gasteiger partial charge in [-0.25, -0.2) is 0 Å². The predicted molar refractivity (Wildman–Crippen MR) is 79.6 cm³/mol. The fraction of sp³-hybridized carbons (Fsp3) is 0.571. The number of hydrogen-bond donors (Lipinski definition) is 3. The van der Waals surface area contributed by atoms with Crippen LogP contribution in [-0.4, -0.2) is 24.2 Å². The van der Waals surface area contributed by atoms with Crippen LogP contribution in [0.25, 0.3) is 0 Å². The van der Waals surface area contributed by atoms with Gasteiger partial charge in [0.05, 0.1) is 0 Å². The van der Waals surface area contributed by atoms with Crippen molar-refractivity contribution in [2.24, 2.45) is 11.5 Å². The Morgan fingerprint density at radius 1 is 0.889 bits per heavy atom. The lowest BCUT2D eigenvalue weighted by Gasteiger charge is -2.49. The van der Waals surface area contributed by atoms with E-state index >= 15 is 0 Å². The molecule has 0 radical (unpaired) electrons. The summed E-state index contributed by atoms with van der Waals surface area (Å²) in [5, 5.41) is 0. The summed E-state index contributed by atoms with van der Waals surface area (Å²) in [5.74, 6) is 0. The minimum absolute atomic E-state index is 0.168. The second kappa shape index (κ2) is 5.16. The number of anilines is 2. The number of nitrogens with two attached hydrogens (primary N) is 3. The minimum atomic E-state index is -0.168. The van der Waals surface area contributed by atoms with Gasteiger partial charge in [-0.05, 0) is 52.0 Å². The fourth-order valence-corrected chi connectivity index (χ4v) is 2.32. The van der Waals surface area contributed by atoms with E-state index in [2.05, 4.69) is 32.6 Å². The molecule has 0 bridgehead atoms. The van der Waals surface area contributed by atoms with Gasteiger partial charge in [-0.15, -0.1) is 0 Å². The van der Waals surface area contributed by atoms with Crippen LogP contribution in [0.3, 0.4) is 0 Å². The Morgan fingerprint density at radius 2 is 1.28 bits per heavy atom. The summed E-state index contributed by atoms with van der Waals surface area (Å²) in [5.41, 5.74) is 19.1. The van der Waals surface area contributed by atoms with Crippen LogP contribution in [0.1, 0.15) is 27.7 Å². The van der Waals surface area contributed by atoms with Gasteiger partial charge in [0.2, 0.25) is 0 Å². The van der Waals surface area contributed by atoms with Crippen molar-refractivity contribution < 1.29 is 0 Å². The minimum Gasteiger partial charge on any atom is -0.399 e. The number of benzene rings is 1. The molecule has 0 aliphatic heterocycles. The molecule has 0 heterocycles. The molecule has 18 heavy (non-hydrogen) atoms. The quantitative estimate of drug-likeness (QED) is 0.693. The lowest BCUT2D eigenvalue weighted by Crippen LogP contribution is -2.61. The Kier molecular flexibility index (Phi) is 4.24. The lowest BCUT2D eigenvalue weighted by molar-refractivity contribution is 0.349. The van der Waals surface area contributed by atoms with Crippen molar-refractivity contribution in [2.45, 2.75) is 38.8 Å². The van der Waals surface area contributed by atoms with Gasteiger partial charge in [0.25, 0.3) is 0 Å². The molecular weight excluding hydrogens is 224 g/mol. The second-order valence-electron chi connectivity index (χ2n) is 5.96. The normalized spacial score (nSPS) is 12.6. The third-order valence-corrected chi connectivity index (χ3v) is 3.36. The SMILES string of the molecule is CC(C)(CN)N(c1ccc(N)cc1)C(C)(C)CN. The highest BCUT2D eigenvalue weighted by molar-refractivity contribution is 5.56. The van der Waals surface area contributed by atoms with Gasteiger partial charge in [-0.1, -0.05) is 0 Å². The number of nitrogens with zero attached hydrogens (tertiary/aromatic N) is 1. The van der Waals surface area contributed by atoms with E-state index in [9.17, 15) is 0 Å². The molecule has 0 saturated heterocycles. The van der Waals surface area contributed by atoms with Crippen molar-refractivity contribution in [3.63, 3.8) is 0 Å². The first-order chi connectivity index (χ1) is 8.24. The zero-order chi connectivity index (χ0) is 14.0. The highest BCUT2D eigenvalue weighted by Crippen LogP contribution is 2.31. The molecule has 102 valence electrons. The standard InChI is InChI=1S/C14H26N4/c1-13(2,9-15)18(14(3,4)10-16)12-7-5-11(17)6-8-12/h5-8H,9-10,15-17H2,1-4H3. The first-order valence-corrected chi connectivity index (χ1v) is 6.30. The van der Waals surface area contributed by atoms with Crippen molar-refractivity contribution >= 4 is 11.4 Å². The summed E-state index contributed by atoms with van der Waals surface area (Å²) in [6.07, 6.45) is 0. The van der Waals surface area contributed by atoms with E-state index in [0.29, 0.717) is 13.1 Å². The van der Waals surface area contributed by atoms with E-state index in [1.165, 1.54) is 0 Å². The molecular formula is C14H26N4. The Bertz CT molecular complexity index is 365. The molecule has 1 aromatic rings. The van der Waals surface area contributed by atoms with E-state index in [-0.39, 0.29) is 11.1 Å². The Morgan fingerprint density at radius 3 is 1.61 bits per heavy atom. The van der Waals surface area contributed by atoms with Crippen molar-refractivity contribution in [3.05, 3.63) is 24.3 Å². The monoisotopic (exact) mass is 250 g/mol. The highest BCUT2D eigenvalue weighted by Gasteiger charge is 2.36. The first kappa shape index (κ1) is 14.8. The van der Waals surface area contributed by atoms with E-state index in [1.54, 1.807) is 0 Å². The van der Waals surface area contributed by atoms with Crippen LogP contribution in [-0.2, 0) is 0 Å². The molecule has 4 nitrogen and oxygen atoms in total. The molecule has 1 aromatic carbocycles. The van der Waals surface area contributed by atoms with Crippen molar-refractivity contribution in [1.29, 1.82) is 0 Å². The molecule has 0 aromatic heterocycles. The van der Waals surface area contributed by atoms with Crippen LogP contribution < -0.4 is 22.1 Å². The zero-order valence-electron chi connectivity index (χ0n) is 11.9. The number of rotatable bonds is 5. The molecule has 0 amide bonds. The maximum atomic E-state index is 5.92. The van der Waals surface area contributed by atoms with Gasteiger partial charge in [0, 0.05) is 35.5 Å². The molecule has 0 unspecified atom stereocenters. The van der Waals surface area contributed by atoms with E-state index < -0.39 is 0 Å². The van der Waals surface area contributed by atoms with Gasteiger partial charge in [0.15, 0.2) is 0 Å². The van der Waals surface area contributed by atoms with Gasteiger partial charge in [-0.2, -0.15) is 0 Å². The largest absolute Gasteiger partial charge is 0.399 e. The Labute approximate surface area is 110 Å². The maximum Gasteiger partial charge on any atom is 0.0474 e. The molecule has 0 saturated carbocycles. The molecule has 6 N–H and O–H groups in total. The van der Waals surface area contributed by atoms with E-state index in [1.807, 2.05) is 24.3 Å². The van der Waals surface area contributed by atoms with Crippen molar-refractivity contribution in [3.8, 4) is 0 Å². The smallest absolute Gasteiger partial charge is 0.0474 e. The highest BCUT2D eigenvalue weighted by atomic mass is 15.3. The van der Waals surface area contributed by atoms with Crippen LogP contribution in [0.15, 0.2) is 24.3 Å². The topological polar surface area (TPSA) is 81.3 Å². The summed E-state index contributed by atoms with van der Waals surface area (Å²) in [6.45, 7) is 9.62. The average Bonchev–Trinajstić information content (AvgIpc) is 2.31. The van der Waals surface area contributed by atoms with Gasteiger partial charge >= 0.3 is 0 Å². The van der Waals surface area contributed by atoms with Crippen LogP contribution in [0, 0.1) is 0 Å². The summed E-state index contributed by atoms with van der Waals surface area (Å²) < 4.78 is 0. The van der Waals surface area contributed by atoms with Crippen molar-refractivity contribution in [1.82, 2.24) is 0 Å². The maximum absolute atomic E-state index is 5.92. The van der Waals surface area contributed by atoms with Crippen LogP contribution in [0.4, 0.5) is 11.4 Å². The summed E-state index contributed by atoms with van der Waals surface area (Å²) in [7, 11) is 0. The molecule has 1 rings (SSSR count). The third-order valence-electron chi connectivity index (χ3n) is 3.36. The Hall–Kier alpha value is -1.26.